The largest absolute Gasteiger partial charge is 0.427 e. The third-order valence-corrected chi connectivity index (χ3v) is 6.63. The molecular weight excluding hydrogens is 512 g/mol. The summed E-state index contributed by atoms with van der Waals surface area (Å²) in [5, 5.41) is 17.6. The molecule has 1 aliphatic rings. The zero-order valence-electron chi connectivity index (χ0n) is 23.2. The number of unbranched alkanes of at least 4 members (excludes halogenated alkanes) is 4. The molecule has 3 rings (SSSR count). The van der Waals surface area contributed by atoms with Crippen LogP contribution in [-0.4, -0.2) is 11.9 Å². The van der Waals surface area contributed by atoms with E-state index in [0.29, 0.717) is 35.3 Å². The summed E-state index contributed by atoms with van der Waals surface area (Å²) in [6, 6.07) is 19.0. The Morgan fingerprint density at radius 3 is 1.83 bits per heavy atom. The predicted octanol–water partition coefficient (Wildman–Crippen LogP) is 8.01. The first-order valence-corrected chi connectivity index (χ1v) is 13.8. The molecule has 0 aliphatic heterocycles. The maximum absolute atomic E-state index is 12.4. The number of benzene rings is 2. The number of nitriles is 2. The molecule has 0 atom stereocenters. The summed E-state index contributed by atoms with van der Waals surface area (Å²) in [6.45, 7) is 7.18. The second kappa shape index (κ2) is 16.2. The van der Waals surface area contributed by atoms with Gasteiger partial charge in [0.05, 0.1) is 23.3 Å². The van der Waals surface area contributed by atoms with Crippen molar-refractivity contribution >= 4 is 11.9 Å². The van der Waals surface area contributed by atoms with Gasteiger partial charge >= 0.3 is 11.9 Å². The molecular formula is C35H34N2O4. The summed E-state index contributed by atoms with van der Waals surface area (Å²) in [5.74, 6) is -0.124. The molecule has 0 N–H and O–H groups in total. The molecule has 0 spiro atoms. The van der Waals surface area contributed by atoms with E-state index in [9.17, 15) is 9.59 Å². The lowest BCUT2D eigenvalue weighted by Gasteiger charge is -2.11. The molecule has 0 fully saturated rings. The lowest BCUT2D eigenvalue weighted by molar-refractivity contribution is 0.0610. The van der Waals surface area contributed by atoms with E-state index in [1.165, 1.54) is 23.3 Å². The molecule has 0 amide bonds. The van der Waals surface area contributed by atoms with Gasteiger partial charge in [-0.1, -0.05) is 56.7 Å². The van der Waals surface area contributed by atoms with Crippen LogP contribution in [-0.2, 0) is 22.3 Å². The topological polar surface area (TPSA) is 100 Å². The van der Waals surface area contributed by atoms with E-state index in [2.05, 4.69) is 19.2 Å². The molecule has 0 heterocycles. The van der Waals surface area contributed by atoms with E-state index in [4.69, 9.17) is 20.0 Å². The van der Waals surface area contributed by atoms with E-state index < -0.39 is 5.97 Å². The van der Waals surface area contributed by atoms with Crippen molar-refractivity contribution < 1.29 is 19.1 Å². The van der Waals surface area contributed by atoms with Gasteiger partial charge in [0.15, 0.2) is 0 Å². The fourth-order valence-corrected chi connectivity index (χ4v) is 4.22. The van der Waals surface area contributed by atoms with E-state index in [1.807, 2.05) is 42.5 Å². The Kier molecular flexibility index (Phi) is 12.1. The van der Waals surface area contributed by atoms with Crippen LogP contribution in [0.25, 0.3) is 0 Å². The number of ether oxygens (including phenoxy) is 2. The molecule has 1 aliphatic carbocycles. The number of esters is 2. The van der Waals surface area contributed by atoms with Crippen LogP contribution < -0.4 is 0 Å². The zero-order valence-corrected chi connectivity index (χ0v) is 23.2. The van der Waals surface area contributed by atoms with Gasteiger partial charge in [-0.3, -0.25) is 0 Å². The summed E-state index contributed by atoms with van der Waals surface area (Å²) in [7, 11) is 0. The first-order chi connectivity index (χ1) is 19.9. The first kappa shape index (κ1) is 30.6. The smallest absolute Gasteiger partial charge is 0.343 e. The van der Waals surface area contributed by atoms with Crippen LogP contribution in [0.1, 0.15) is 76.8 Å². The Morgan fingerprint density at radius 2 is 1.32 bits per heavy atom. The molecule has 2 aromatic rings. The summed E-state index contributed by atoms with van der Waals surface area (Å²) in [6.07, 6.45) is 14.9. The molecule has 0 saturated heterocycles. The summed E-state index contributed by atoms with van der Waals surface area (Å²) in [4.78, 5) is 24.6. The number of rotatable bonds is 14. The lowest BCUT2D eigenvalue weighted by Crippen LogP contribution is -2.07. The maximum atomic E-state index is 12.4. The lowest BCUT2D eigenvalue weighted by atomic mass is 10.0. The molecule has 0 radical (unpaired) electrons. The van der Waals surface area contributed by atoms with Gasteiger partial charge in [0, 0.05) is 17.6 Å². The Bertz CT molecular complexity index is 1430. The zero-order chi connectivity index (χ0) is 29.5. The highest BCUT2D eigenvalue weighted by Gasteiger charge is 2.13. The van der Waals surface area contributed by atoms with Gasteiger partial charge in [0.2, 0.25) is 0 Å². The van der Waals surface area contributed by atoms with Gasteiger partial charge in [-0.15, -0.1) is 0 Å². The number of carbonyl (C=O) groups excluding carboxylic acids is 2. The van der Waals surface area contributed by atoms with Crippen molar-refractivity contribution in [1.82, 2.24) is 0 Å². The Labute approximate surface area is 242 Å². The molecule has 0 unspecified atom stereocenters. The summed E-state index contributed by atoms with van der Waals surface area (Å²) < 4.78 is 10.6. The molecule has 208 valence electrons. The van der Waals surface area contributed by atoms with Gasteiger partial charge < -0.3 is 9.47 Å². The summed E-state index contributed by atoms with van der Waals surface area (Å²) >= 11 is 0. The standard InChI is InChI=1S/C35H34N2O4/c1-26(24-36)10-11-27(2)40-34(38)31-18-12-28(13-19-31)8-6-4-3-5-7-9-29-14-20-32(21-15-29)35(39)41-33-22-16-30(25-37)17-23-33/h10-16,18-22H,1-9,17,23H2/b11-10-. The molecule has 6 heteroatoms. The van der Waals surface area contributed by atoms with Crippen molar-refractivity contribution in [2.45, 2.75) is 57.8 Å². The van der Waals surface area contributed by atoms with Gasteiger partial charge in [-0.25, -0.2) is 9.59 Å². The van der Waals surface area contributed by atoms with Crippen LogP contribution in [0.2, 0.25) is 0 Å². The van der Waals surface area contributed by atoms with Crippen LogP contribution in [0.4, 0.5) is 0 Å². The normalized spacial score (nSPS) is 12.4. The number of hydrogen-bond donors (Lipinski definition) is 0. The van der Waals surface area contributed by atoms with Crippen molar-refractivity contribution in [3.05, 3.63) is 131 Å². The predicted molar refractivity (Wildman–Crippen MR) is 158 cm³/mol. The average molecular weight is 547 g/mol. The van der Waals surface area contributed by atoms with Crippen molar-refractivity contribution in [3.8, 4) is 12.1 Å². The number of hydrogen-bond acceptors (Lipinski definition) is 6. The van der Waals surface area contributed by atoms with Gasteiger partial charge in [-0.2, -0.15) is 10.5 Å². The van der Waals surface area contributed by atoms with Crippen molar-refractivity contribution in [2.24, 2.45) is 0 Å². The monoisotopic (exact) mass is 546 g/mol. The van der Waals surface area contributed by atoms with Crippen molar-refractivity contribution in [3.63, 3.8) is 0 Å². The quantitative estimate of drug-likeness (QED) is 0.0782. The molecule has 0 aromatic heterocycles. The number of allylic oxidation sites excluding steroid dienone is 7. The number of carbonyl (C=O) groups is 2. The first-order valence-electron chi connectivity index (χ1n) is 13.8. The highest BCUT2D eigenvalue weighted by atomic mass is 16.5. The minimum Gasteiger partial charge on any atom is -0.427 e. The third-order valence-electron chi connectivity index (χ3n) is 6.63. The SMILES string of the molecule is C=C(C#N)/C=C\C(=C)OC(=O)c1ccc(CCCCCCCc2ccc(C(=O)OC3=CC=C(C#N)CC3)cc2)cc1. The third kappa shape index (κ3) is 10.6. The van der Waals surface area contributed by atoms with Gasteiger partial charge in [0.25, 0.3) is 0 Å². The second-order valence-electron chi connectivity index (χ2n) is 9.81. The Morgan fingerprint density at radius 1 is 0.756 bits per heavy atom. The molecule has 6 nitrogen and oxygen atoms in total. The van der Waals surface area contributed by atoms with Gasteiger partial charge in [0.1, 0.15) is 11.5 Å². The average Bonchev–Trinajstić information content (AvgIpc) is 3.00. The highest BCUT2D eigenvalue weighted by molar-refractivity contribution is 5.90. The van der Waals surface area contributed by atoms with Crippen LogP contribution in [0.15, 0.2) is 109 Å². The van der Waals surface area contributed by atoms with Crippen LogP contribution >= 0.6 is 0 Å². The Balaban J connectivity index is 1.29. The van der Waals surface area contributed by atoms with Crippen LogP contribution in [0, 0.1) is 22.7 Å². The molecule has 0 bridgehead atoms. The minimum atomic E-state index is -0.492. The maximum Gasteiger partial charge on any atom is 0.343 e. The fourth-order valence-electron chi connectivity index (χ4n) is 4.22. The van der Waals surface area contributed by atoms with Crippen molar-refractivity contribution in [2.75, 3.05) is 0 Å². The second-order valence-corrected chi connectivity index (χ2v) is 9.81. The number of nitrogens with zero attached hydrogens (tertiary/aromatic N) is 2. The molecule has 2 aromatic carbocycles. The van der Waals surface area contributed by atoms with E-state index in [-0.39, 0.29) is 17.3 Å². The minimum absolute atomic E-state index is 0.149. The van der Waals surface area contributed by atoms with E-state index in [0.717, 1.165) is 44.9 Å². The molecule has 41 heavy (non-hydrogen) atoms. The van der Waals surface area contributed by atoms with Gasteiger partial charge in [-0.05, 0) is 91.8 Å². The summed E-state index contributed by atoms with van der Waals surface area (Å²) in [5.41, 5.74) is 4.29. The van der Waals surface area contributed by atoms with E-state index >= 15 is 0 Å². The number of aryl methyl sites for hydroxylation is 2. The Hall–Kier alpha value is -4.94. The van der Waals surface area contributed by atoms with E-state index in [1.54, 1.807) is 24.3 Å². The van der Waals surface area contributed by atoms with Crippen LogP contribution in [0.3, 0.4) is 0 Å². The fraction of sp³-hybridized carbons (Fsp3) is 0.257. The molecule has 0 saturated carbocycles. The van der Waals surface area contributed by atoms with Crippen LogP contribution in [0.5, 0.6) is 0 Å². The van der Waals surface area contributed by atoms with Crippen molar-refractivity contribution in [1.29, 1.82) is 10.5 Å². The highest BCUT2D eigenvalue weighted by Crippen LogP contribution is 2.20.